The number of aromatic amines is 1. The first kappa shape index (κ1) is 13.1. The van der Waals surface area contributed by atoms with Gasteiger partial charge in [-0.25, -0.2) is 4.79 Å². The maximum absolute atomic E-state index is 12.1. The van der Waals surface area contributed by atoms with E-state index in [2.05, 4.69) is 9.97 Å². The summed E-state index contributed by atoms with van der Waals surface area (Å²) >= 11 is 0. The molecule has 0 fully saturated rings. The Kier molecular flexibility index (Phi) is 3.23. The summed E-state index contributed by atoms with van der Waals surface area (Å²) in [6, 6.07) is 11.1. The van der Waals surface area contributed by atoms with Gasteiger partial charge in [0.15, 0.2) is 0 Å². The fraction of sp³-hybridized carbons (Fsp3) is 0.0625. The lowest BCUT2D eigenvalue weighted by atomic mass is 9.97. The molecule has 0 saturated carbocycles. The summed E-state index contributed by atoms with van der Waals surface area (Å²) in [7, 11) is 0. The average molecular weight is 280 g/mol. The molecule has 0 spiro atoms. The Bertz CT molecular complexity index is 870. The molecule has 0 amide bonds. The summed E-state index contributed by atoms with van der Waals surface area (Å²) in [4.78, 5) is 30.1. The zero-order valence-electron chi connectivity index (χ0n) is 11.0. The van der Waals surface area contributed by atoms with Crippen molar-refractivity contribution >= 4 is 16.9 Å². The molecule has 21 heavy (non-hydrogen) atoms. The van der Waals surface area contributed by atoms with Crippen LogP contribution < -0.4 is 5.56 Å². The Morgan fingerprint density at radius 3 is 2.67 bits per heavy atom. The Hall–Kier alpha value is -2.95. The normalized spacial score (nSPS) is 10.7. The molecule has 0 bridgehead atoms. The molecule has 5 heteroatoms. The minimum atomic E-state index is -1.08. The number of benzene rings is 1. The molecule has 0 aliphatic heterocycles. The highest BCUT2D eigenvalue weighted by atomic mass is 16.4. The fourth-order valence-corrected chi connectivity index (χ4v) is 2.38. The molecule has 0 saturated heterocycles. The Balaban J connectivity index is 2.29. The molecule has 0 aliphatic rings. The third-order valence-electron chi connectivity index (χ3n) is 3.35. The van der Waals surface area contributed by atoms with Crippen molar-refractivity contribution in [1.82, 2.24) is 9.97 Å². The summed E-state index contributed by atoms with van der Waals surface area (Å²) in [5.41, 5.74) is 1.66. The molecule has 0 atom stereocenters. The number of aromatic nitrogens is 2. The van der Waals surface area contributed by atoms with Crippen molar-refractivity contribution in [3.05, 3.63) is 75.8 Å². The number of carbonyl (C=O) groups is 1. The lowest BCUT2D eigenvalue weighted by Crippen LogP contribution is -2.13. The van der Waals surface area contributed by atoms with Crippen molar-refractivity contribution in [3.8, 4) is 0 Å². The van der Waals surface area contributed by atoms with Crippen molar-refractivity contribution in [2.75, 3.05) is 0 Å². The van der Waals surface area contributed by atoms with E-state index >= 15 is 0 Å². The Morgan fingerprint density at radius 2 is 1.95 bits per heavy atom. The first-order valence-electron chi connectivity index (χ1n) is 6.43. The Labute approximate surface area is 119 Å². The van der Waals surface area contributed by atoms with Gasteiger partial charge in [0.05, 0.1) is 16.5 Å². The Morgan fingerprint density at radius 1 is 1.19 bits per heavy atom. The van der Waals surface area contributed by atoms with Crippen molar-refractivity contribution < 1.29 is 9.90 Å². The molecular weight excluding hydrogens is 268 g/mol. The molecule has 5 nitrogen and oxygen atoms in total. The van der Waals surface area contributed by atoms with Crippen LogP contribution in [0, 0.1) is 0 Å². The van der Waals surface area contributed by atoms with Gasteiger partial charge >= 0.3 is 5.97 Å². The summed E-state index contributed by atoms with van der Waals surface area (Å²) in [6.07, 6.45) is 3.18. The van der Waals surface area contributed by atoms with Crippen LogP contribution in [-0.2, 0) is 6.42 Å². The fourth-order valence-electron chi connectivity index (χ4n) is 2.38. The van der Waals surface area contributed by atoms with E-state index in [9.17, 15) is 14.7 Å². The predicted octanol–water partition coefficient (Wildman–Crippen LogP) is 2.21. The highest BCUT2D eigenvalue weighted by Gasteiger charge is 2.16. The molecule has 0 aliphatic carbocycles. The van der Waals surface area contributed by atoms with Crippen LogP contribution in [0.5, 0.6) is 0 Å². The molecule has 0 unspecified atom stereocenters. The summed E-state index contributed by atoms with van der Waals surface area (Å²) in [6.45, 7) is 0. The van der Waals surface area contributed by atoms with Gasteiger partial charge in [-0.05, 0) is 23.6 Å². The number of hydrogen-bond acceptors (Lipinski definition) is 3. The summed E-state index contributed by atoms with van der Waals surface area (Å²) in [5.74, 6) is -1.08. The van der Waals surface area contributed by atoms with E-state index in [-0.39, 0.29) is 11.1 Å². The third-order valence-corrected chi connectivity index (χ3v) is 3.35. The van der Waals surface area contributed by atoms with E-state index < -0.39 is 5.97 Å². The van der Waals surface area contributed by atoms with Gasteiger partial charge in [-0.1, -0.05) is 30.3 Å². The second-order valence-electron chi connectivity index (χ2n) is 4.68. The predicted molar refractivity (Wildman–Crippen MR) is 78.6 cm³/mol. The maximum Gasteiger partial charge on any atom is 0.337 e. The average Bonchev–Trinajstić information content (AvgIpc) is 2.48. The van der Waals surface area contributed by atoms with Gasteiger partial charge in [0.25, 0.3) is 5.56 Å². The van der Waals surface area contributed by atoms with E-state index in [0.29, 0.717) is 22.9 Å². The molecule has 1 aromatic carbocycles. The number of fused-ring (bicyclic) bond motifs is 1. The maximum atomic E-state index is 12.1. The number of aromatic carboxylic acids is 1. The molecule has 3 rings (SSSR count). The smallest absolute Gasteiger partial charge is 0.337 e. The van der Waals surface area contributed by atoms with Crippen LogP contribution in [-0.4, -0.2) is 21.0 Å². The molecule has 2 N–H and O–H groups in total. The SMILES string of the molecule is O=C(O)c1cnc2cc[nH]c(=O)c2c1Cc1ccccc1. The molecule has 2 heterocycles. The lowest BCUT2D eigenvalue weighted by molar-refractivity contribution is 0.0695. The second kappa shape index (κ2) is 5.20. The first-order chi connectivity index (χ1) is 10.2. The van der Waals surface area contributed by atoms with Gasteiger partial charge in [0.2, 0.25) is 0 Å². The lowest BCUT2D eigenvalue weighted by Gasteiger charge is -2.09. The molecule has 104 valence electrons. The first-order valence-corrected chi connectivity index (χ1v) is 6.43. The van der Waals surface area contributed by atoms with Crippen LogP contribution >= 0.6 is 0 Å². The largest absolute Gasteiger partial charge is 0.478 e. The zero-order chi connectivity index (χ0) is 14.8. The van der Waals surface area contributed by atoms with Crippen molar-refractivity contribution in [2.24, 2.45) is 0 Å². The van der Waals surface area contributed by atoms with Crippen LogP contribution in [0.15, 0.2) is 53.6 Å². The van der Waals surface area contributed by atoms with E-state index in [1.54, 1.807) is 6.07 Å². The minimum Gasteiger partial charge on any atom is -0.478 e. The van der Waals surface area contributed by atoms with Gasteiger partial charge in [-0.3, -0.25) is 9.78 Å². The van der Waals surface area contributed by atoms with E-state index in [4.69, 9.17) is 0 Å². The van der Waals surface area contributed by atoms with Crippen LogP contribution in [0.3, 0.4) is 0 Å². The number of rotatable bonds is 3. The summed E-state index contributed by atoms with van der Waals surface area (Å²) < 4.78 is 0. The monoisotopic (exact) mass is 280 g/mol. The number of nitrogens with one attached hydrogen (secondary N) is 1. The highest BCUT2D eigenvalue weighted by molar-refractivity contribution is 5.95. The van der Waals surface area contributed by atoms with Gasteiger partial charge < -0.3 is 10.1 Å². The molecular formula is C16H12N2O3. The van der Waals surface area contributed by atoms with Crippen molar-refractivity contribution in [2.45, 2.75) is 6.42 Å². The van der Waals surface area contributed by atoms with Crippen LogP contribution in [0.1, 0.15) is 21.5 Å². The third kappa shape index (κ3) is 2.41. The van der Waals surface area contributed by atoms with Crippen LogP contribution in [0.4, 0.5) is 0 Å². The number of H-pyrrole nitrogens is 1. The van der Waals surface area contributed by atoms with Gasteiger partial charge in [-0.2, -0.15) is 0 Å². The number of hydrogen-bond donors (Lipinski definition) is 2. The van der Waals surface area contributed by atoms with Crippen molar-refractivity contribution in [1.29, 1.82) is 0 Å². The van der Waals surface area contributed by atoms with Gasteiger partial charge in [0, 0.05) is 12.4 Å². The molecule has 2 aromatic heterocycles. The van der Waals surface area contributed by atoms with Crippen LogP contribution in [0.25, 0.3) is 10.9 Å². The van der Waals surface area contributed by atoms with E-state index in [1.807, 2.05) is 30.3 Å². The quantitative estimate of drug-likeness (QED) is 0.770. The molecule has 0 radical (unpaired) electrons. The molecule has 3 aromatic rings. The summed E-state index contributed by atoms with van der Waals surface area (Å²) in [5, 5.41) is 9.68. The topological polar surface area (TPSA) is 83.0 Å². The minimum absolute atomic E-state index is 0.0584. The second-order valence-corrected chi connectivity index (χ2v) is 4.68. The van der Waals surface area contributed by atoms with E-state index in [1.165, 1.54) is 12.4 Å². The standard InChI is InChI=1S/C16H12N2O3/c19-15-14-11(8-10-4-2-1-3-5-10)12(16(20)21)9-18-13(14)6-7-17-15/h1-7,9H,8H2,(H,17,19)(H,20,21). The van der Waals surface area contributed by atoms with Gasteiger partial charge in [0.1, 0.15) is 0 Å². The number of carboxylic acid groups (broad SMARTS) is 1. The highest BCUT2D eigenvalue weighted by Crippen LogP contribution is 2.20. The van der Waals surface area contributed by atoms with E-state index in [0.717, 1.165) is 5.56 Å². The van der Waals surface area contributed by atoms with Crippen LogP contribution in [0.2, 0.25) is 0 Å². The number of nitrogens with zero attached hydrogens (tertiary/aromatic N) is 1. The van der Waals surface area contributed by atoms with Crippen molar-refractivity contribution in [3.63, 3.8) is 0 Å². The number of carboxylic acids is 1. The van der Waals surface area contributed by atoms with Gasteiger partial charge in [-0.15, -0.1) is 0 Å². The number of pyridine rings is 2. The zero-order valence-corrected chi connectivity index (χ0v) is 11.0.